The van der Waals surface area contributed by atoms with Gasteiger partial charge in [0.05, 0.1) is 4.90 Å². The summed E-state index contributed by atoms with van der Waals surface area (Å²) in [5.74, 6) is 0.203. The van der Waals surface area contributed by atoms with Crippen LogP contribution < -0.4 is 0 Å². The minimum atomic E-state index is -3.44. The van der Waals surface area contributed by atoms with Gasteiger partial charge in [0.15, 0.2) is 0 Å². The lowest BCUT2D eigenvalue weighted by atomic mass is 9.95. The molecular formula is C18H26N2O3S. The number of carbonyl (C=O) groups excluding carboxylic acids is 1. The highest BCUT2D eigenvalue weighted by molar-refractivity contribution is 7.89. The molecule has 0 bridgehead atoms. The molecule has 2 heterocycles. The molecule has 0 aliphatic carbocycles. The van der Waals surface area contributed by atoms with Crippen LogP contribution in [0.1, 0.15) is 37.7 Å². The Morgan fingerprint density at radius 2 is 1.54 bits per heavy atom. The number of sulfonamides is 1. The van der Waals surface area contributed by atoms with Crippen molar-refractivity contribution in [2.24, 2.45) is 5.92 Å². The molecule has 2 aliphatic heterocycles. The molecule has 0 unspecified atom stereocenters. The van der Waals surface area contributed by atoms with Crippen LogP contribution in [0.5, 0.6) is 0 Å². The molecule has 1 aromatic carbocycles. The maximum atomic E-state index is 12.7. The first-order valence-corrected chi connectivity index (χ1v) is 10.3. The molecule has 0 atom stereocenters. The van der Waals surface area contributed by atoms with Gasteiger partial charge in [0.25, 0.3) is 0 Å². The Labute approximate surface area is 144 Å². The van der Waals surface area contributed by atoms with Crippen molar-refractivity contribution < 1.29 is 13.2 Å². The van der Waals surface area contributed by atoms with Crippen molar-refractivity contribution in [1.29, 1.82) is 0 Å². The van der Waals surface area contributed by atoms with E-state index in [9.17, 15) is 13.2 Å². The number of likely N-dealkylation sites (tertiary alicyclic amines) is 1. The summed E-state index contributed by atoms with van der Waals surface area (Å²) in [6, 6.07) is 6.96. The van der Waals surface area contributed by atoms with E-state index in [0.717, 1.165) is 31.5 Å². The van der Waals surface area contributed by atoms with Crippen LogP contribution in [0.3, 0.4) is 0 Å². The second-order valence-electron chi connectivity index (χ2n) is 6.88. The van der Waals surface area contributed by atoms with E-state index in [-0.39, 0.29) is 11.8 Å². The predicted octanol–water partition coefficient (Wildman–Crippen LogP) is 2.41. The summed E-state index contributed by atoms with van der Waals surface area (Å²) in [6.45, 7) is 4.52. The molecule has 0 aromatic heterocycles. The van der Waals surface area contributed by atoms with Gasteiger partial charge in [-0.3, -0.25) is 4.79 Å². The van der Waals surface area contributed by atoms with E-state index < -0.39 is 10.0 Å². The zero-order valence-corrected chi connectivity index (χ0v) is 15.1. The number of benzene rings is 1. The first kappa shape index (κ1) is 17.4. The molecular weight excluding hydrogens is 324 g/mol. The van der Waals surface area contributed by atoms with Crippen molar-refractivity contribution in [1.82, 2.24) is 9.21 Å². The van der Waals surface area contributed by atoms with Crippen molar-refractivity contribution in [3.63, 3.8) is 0 Å². The number of piperidine rings is 2. The van der Waals surface area contributed by atoms with Crippen molar-refractivity contribution in [3.05, 3.63) is 29.8 Å². The Bertz CT molecular complexity index is 671. The van der Waals surface area contributed by atoms with Crippen LogP contribution in [0.25, 0.3) is 0 Å². The number of amides is 1. The maximum absolute atomic E-state index is 12.7. The summed E-state index contributed by atoms with van der Waals surface area (Å²) in [5, 5.41) is 0. The number of hydrogen-bond donors (Lipinski definition) is 0. The molecule has 2 aliphatic rings. The van der Waals surface area contributed by atoms with Gasteiger partial charge in [-0.25, -0.2) is 8.42 Å². The van der Waals surface area contributed by atoms with Gasteiger partial charge in [-0.05, 0) is 51.2 Å². The molecule has 2 fully saturated rings. The first-order chi connectivity index (χ1) is 11.5. The maximum Gasteiger partial charge on any atom is 0.243 e. The Morgan fingerprint density at radius 3 is 2.12 bits per heavy atom. The highest BCUT2D eigenvalue weighted by Crippen LogP contribution is 2.26. The van der Waals surface area contributed by atoms with Gasteiger partial charge < -0.3 is 4.90 Å². The Hall–Kier alpha value is -1.40. The standard InChI is InChI=1S/C18H26N2O3S/c1-15-5-7-17(8-6-15)24(22,23)20-13-9-16(10-14-20)18(21)19-11-3-2-4-12-19/h5-8,16H,2-4,9-14H2,1H3. The van der Waals surface area contributed by atoms with E-state index in [1.807, 2.05) is 24.0 Å². The molecule has 6 heteroatoms. The fraction of sp³-hybridized carbons (Fsp3) is 0.611. The molecule has 24 heavy (non-hydrogen) atoms. The topological polar surface area (TPSA) is 57.7 Å². The molecule has 1 amide bonds. The van der Waals surface area contributed by atoms with Crippen LogP contribution in [-0.2, 0) is 14.8 Å². The van der Waals surface area contributed by atoms with E-state index in [2.05, 4.69) is 0 Å². The van der Waals surface area contributed by atoms with Crippen LogP contribution in [0.2, 0.25) is 0 Å². The van der Waals surface area contributed by atoms with Gasteiger partial charge in [0.1, 0.15) is 0 Å². The average Bonchev–Trinajstić information content (AvgIpc) is 2.62. The van der Waals surface area contributed by atoms with Crippen LogP contribution in [0.15, 0.2) is 29.2 Å². The van der Waals surface area contributed by atoms with Crippen LogP contribution in [0.4, 0.5) is 0 Å². The van der Waals surface area contributed by atoms with Gasteiger partial charge in [-0.1, -0.05) is 17.7 Å². The quantitative estimate of drug-likeness (QED) is 0.841. The average molecular weight is 350 g/mol. The molecule has 0 radical (unpaired) electrons. The van der Waals surface area contributed by atoms with Crippen molar-refractivity contribution in [2.45, 2.75) is 43.9 Å². The molecule has 2 saturated heterocycles. The van der Waals surface area contributed by atoms with Gasteiger partial charge in [0.2, 0.25) is 15.9 Å². The summed E-state index contributed by atoms with van der Waals surface area (Å²) in [4.78, 5) is 14.9. The van der Waals surface area contributed by atoms with Crippen molar-refractivity contribution >= 4 is 15.9 Å². The van der Waals surface area contributed by atoms with Gasteiger partial charge in [-0.2, -0.15) is 4.31 Å². The molecule has 5 nitrogen and oxygen atoms in total. The van der Waals surface area contributed by atoms with E-state index in [1.54, 1.807) is 12.1 Å². The molecule has 0 N–H and O–H groups in total. The van der Waals surface area contributed by atoms with Crippen LogP contribution in [-0.4, -0.2) is 49.7 Å². The van der Waals surface area contributed by atoms with Crippen LogP contribution in [0, 0.1) is 12.8 Å². The number of carbonyl (C=O) groups is 1. The summed E-state index contributed by atoms with van der Waals surface area (Å²) in [5.41, 5.74) is 1.04. The minimum Gasteiger partial charge on any atom is -0.342 e. The number of hydrogen-bond acceptors (Lipinski definition) is 3. The number of rotatable bonds is 3. The molecule has 132 valence electrons. The van der Waals surface area contributed by atoms with E-state index in [1.165, 1.54) is 10.7 Å². The molecule has 3 rings (SSSR count). The normalized spacial score (nSPS) is 21.0. The van der Waals surface area contributed by atoms with E-state index in [0.29, 0.717) is 30.8 Å². The lowest BCUT2D eigenvalue weighted by molar-refractivity contribution is -0.137. The second kappa shape index (κ2) is 7.23. The summed E-state index contributed by atoms with van der Waals surface area (Å²) in [6.07, 6.45) is 4.64. The molecule has 1 aromatic rings. The smallest absolute Gasteiger partial charge is 0.243 e. The van der Waals surface area contributed by atoms with Crippen molar-refractivity contribution in [2.75, 3.05) is 26.2 Å². The number of aryl methyl sites for hydroxylation is 1. The largest absolute Gasteiger partial charge is 0.342 e. The monoisotopic (exact) mass is 350 g/mol. The lowest BCUT2D eigenvalue weighted by Gasteiger charge is -2.35. The van der Waals surface area contributed by atoms with Gasteiger partial charge in [-0.15, -0.1) is 0 Å². The van der Waals surface area contributed by atoms with Crippen molar-refractivity contribution in [3.8, 4) is 0 Å². The van der Waals surface area contributed by atoms with Crippen LogP contribution >= 0.6 is 0 Å². The Morgan fingerprint density at radius 1 is 0.958 bits per heavy atom. The summed E-state index contributed by atoms with van der Waals surface area (Å²) in [7, 11) is -3.44. The Kier molecular flexibility index (Phi) is 5.25. The fourth-order valence-electron chi connectivity index (χ4n) is 3.57. The first-order valence-electron chi connectivity index (χ1n) is 8.84. The van der Waals surface area contributed by atoms with Gasteiger partial charge in [0, 0.05) is 32.1 Å². The molecule has 0 saturated carbocycles. The van der Waals surface area contributed by atoms with E-state index >= 15 is 0 Å². The third-order valence-corrected chi connectivity index (χ3v) is 7.04. The predicted molar refractivity (Wildman–Crippen MR) is 93.1 cm³/mol. The highest BCUT2D eigenvalue weighted by atomic mass is 32.2. The minimum absolute atomic E-state index is 0.0208. The third kappa shape index (κ3) is 3.64. The zero-order valence-electron chi connectivity index (χ0n) is 14.3. The zero-order chi connectivity index (χ0) is 17.2. The summed E-state index contributed by atoms with van der Waals surface area (Å²) < 4.78 is 26.9. The second-order valence-corrected chi connectivity index (χ2v) is 8.82. The summed E-state index contributed by atoms with van der Waals surface area (Å²) >= 11 is 0. The Balaban J connectivity index is 1.62. The van der Waals surface area contributed by atoms with Gasteiger partial charge >= 0.3 is 0 Å². The van der Waals surface area contributed by atoms with E-state index in [4.69, 9.17) is 0 Å². The SMILES string of the molecule is Cc1ccc(S(=O)(=O)N2CCC(C(=O)N3CCCCC3)CC2)cc1. The molecule has 0 spiro atoms. The lowest BCUT2D eigenvalue weighted by Crippen LogP contribution is -2.45. The fourth-order valence-corrected chi connectivity index (χ4v) is 5.04. The highest BCUT2D eigenvalue weighted by Gasteiger charge is 2.33. The number of nitrogens with zero attached hydrogens (tertiary/aromatic N) is 2. The third-order valence-electron chi connectivity index (χ3n) is 5.13.